The van der Waals surface area contributed by atoms with Crippen molar-refractivity contribution in [2.75, 3.05) is 0 Å². The molecule has 68 valence electrons. The van der Waals surface area contributed by atoms with Crippen molar-refractivity contribution in [3.63, 3.8) is 0 Å². The lowest BCUT2D eigenvalue weighted by Gasteiger charge is -2.23. The standard InChI is InChI=1S/C3H5Cl3N6/c4-8-2-1-12(11-6)10-3(7-2)9-5/h1,8,11H,(H2,7,9,10). The Kier molecular flexibility index (Phi) is 3.54. The summed E-state index contributed by atoms with van der Waals surface area (Å²) in [6.07, 6.45) is 1.48. The van der Waals surface area contributed by atoms with Crippen molar-refractivity contribution in [3.05, 3.63) is 12.0 Å². The summed E-state index contributed by atoms with van der Waals surface area (Å²) in [5, 5.41) is 1.30. The predicted molar refractivity (Wildman–Crippen MR) is 47.5 cm³/mol. The van der Waals surface area contributed by atoms with Gasteiger partial charge in [-0.1, -0.05) is 0 Å². The van der Waals surface area contributed by atoms with Crippen molar-refractivity contribution in [1.29, 1.82) is 0 Å². The number of hydrogen-bond donors (Lipinski definition) is 4. The van der Waals surface area contributed by atoms with E-state index in [-0.39, 0.29) is 5.96 Å². The van der Waals surface area contributed by atoms with Crippen LogP contribution in [0.5, 0.6) is 0 Å². The first-order valence-electron chi connectivity index (χ1n) is 2.76. The Morgan fingerprint density at radius 2 is 2.08 bits per heavy atom. The summed E-state index contributed by atoms with van der Waals surface area (Å²) in [5.74, 6) is 0.669. The molecule has 0 aromatic carbocycles. The molecule has 1 heterocycles. The summed E-state index contributed by atoms with van der Waals surface area (Å²) >= 11 is 15.9. The van der Waals surface area contributed by atoms with Crippen molar-refractivity contribution in [2.24, 2.45) is 4.99 Å². The van der Waals surface area contributed by atoms with Gasteiger partial charge in [-0.15, -0.1) is 4.94 Å². The predicted octanol–water partition coefficient (Wildman–Crippen LogP) is 0.107. The molecule has 0 saturated carbocycles. The fraction of sp³-hybridized carbons (Fsp3) is 0. The van der Waals surface area contributed by atoms with Crippen LogP contribution in [0.3, 0.4) is 0 Å². The largest absolute Gasteiger partial charge is 0.281 e. The van der Waals surface area contributed by atoms with Gasteiger partial charge in [0, 0.05) is 23.6 Å². The van der Waals surface area contributed by atoms with Crippen LogP contribution in [-0.2, 0) is 0 Å². The van der Waals surface area contributed by atoms with E-state index in [9.17, 15) is 0 Å². The highest BCUT2D eigenvalue weighted by Gasteiger charge is 2.10. The fourth-order valence-electron chi connectivity index (χ4n) is 0.576. The van der Waals surface area contributed by atoms with Crippen LogP contribution in [0.15, 0.2) is 17.0 Å². The minimum absolute atomic E-state index is 0.287. The lowest BCUT2D eigenvalue weighted by atomic mass is 10.7. The average Bonchev–Trinajstić information content (AvgIpc) is 2.16. The van der Waals surface area contributed by atoms with Crippen molar-refractivity contribution < 1.29 is 0 Å². The molecular weight excluding hydrogens is 226 g/mol. The fourth-order valence-corrected chi connectivity index (χ4v) is 0.843. The second kappa shape index (κ2) is 4.46. The highest BCUT2D eigenvalue weighted by atomic mass is 35.5. The number of hydrazine groups is 2. The molecular formula is C3H5Cl3N6. The van der Waals surface area contributed by atoms with Crippen LogP contribution < -0.4 is 20.0 Å². The third kappa shape index (κ3) is 2.21. The molecule has 0 spiro atoms. The Bertz CT molecular complexity index is 214. The smallest absolute Gasteiger partial charge is 0.233 e. The van der Waals surface area contributed by atoms with Crippen LogP contribution >= 0.6 is 35.3 Å². The van der Waals surface area contributed by atoms with Gasteiger partial charge in [-0.05, 0) is 11.8 Å². The number of aliphatic imine (C=N–C) groups is 1. The summed E-state index contributed by atoms with van der Waals surface area (Å²) in [6.45, 7) is 0. The lowest BCUT2D eigenvalue weighted by Crippen LogP contribution is -2.49. The molecule has 12 heavy (non-hydrogen) atoms. The van der Waals surface area contributed by atoms with Gasteiger partial charge in [-0.3, -0.25) is 15.1 Å². The minimum atomic E-state index is 0.287. The molecule has 0 aromatic heterocycles. The third-order valence-corrected chi connectivity index (χ3v) is 1.54. The maximum Gasteiger partial charge on any atom is 0.233 e. The van der Waals surface area contributed by atoms with E-state index in [0.717, 1.165) is 0 Å². The van der Waals surface area contributed by atoms with Crippen LogP contribution in [0.25, 0.3) is 0 Å². The normalized spacial score (nSPS) is 16.1. The first kappa shape index (κ1) is 9.53. The zero-order chi connectivity index (χ0) is 8.97. The van der Waals surface area contributed by atoms with E-state index in [2.05, 4.69) is 25.0 Å². The van der Waals surface area contributed by atoms with Gasteiger partial charge >= 0.3 is 0 Å². The Hall–Kier alpha value is -0.560. The molecule has 1 aliphatic heterocycles. The molecule has 0 bridgehead atoms. The molecule has 0 unspecified atom stereocenters. The Morgan fingerprint density at radius 1 is 1.33 bits per heavy atom. The van der Waals surface area contributed by atoms with Crippen LogP contribution in [0.2, 0.25) is 0 Å². The number of rotatable bonds is 2. The highest BCUT2D eigenvalue weighted by molar-refractivity contribution is 6.22. The second-order valence-corrected chi connectivity index (χ2v) is 2.28. The summed E-state index contributed by atoms with van der Waals surface area (Å²) in [5.41, 5.74) is 2.64. The lowest BCUT2D eigenvalue weighted by molar-refractivity contribution is 0.291. The molecule has 0 radical (unpaired) electrons. The number of guanidine groups is 1. The molecule has 6 nitrogen and oxygen atoms in total. The van der Waals surface area contributed by atoms with Crippen molar-refractivity contribution in [3.8, 4) is 0 Å². The van der Waals surface area contributed by atoms with Crippen LogP contribution in [0.4, 0.5) is 0 Å². The first-order chi connectivity index (χ1) is 5.80. The van der Waals surface area contributed by atoms with Crippen LogP contribution in [0, 0.1) is 0 Å². The molecule has 9 heteroatoms. The quantitative estimate of drug-likeness (QED) is 0.508. The van der Waals surface area contributed by atoms with E-state index in [1.54, 1.807) is 0 Å². The van der Waals surface area contributed by atoms with E-state index < -0.39 is 0 Å². The second-order valence-electron chi connectivity index (χ2n) is 1.73. The molecule has 0 saturated heterocycles. The molecule has 0 atom stereocenters. The van der Waals surface area contributed by atoms with Crippen molar-refractivity contribution >= 4 is 41.3 Å². The van der Waals surface area contributed by atoms with E-state index in [0.29, 0.717) is 5.82 Å². The van der Waals surface area contributed by atoms with Crippen molar-refractivity contribution in [2.45, 2.75) is 0 Å². The van der Waals surface area contributed by atoms with E-state index in [1.165, 1.54) is 11.3 Å². The topological polar surface area (TPSA) is 63.7 Å². The zero-order valence-corrected chi connectivity index (χ0v) is 7.87. The van der Waals surface area contributed by atoms with E-state index >= 15 is 0 Å². The van der Waals surface area contributed by atoms with Gasteiger partial charge in [0.25, 0.3) is 0 Å². The number of nitrogens with zero attached hydrogens (tertiary/aromatic N) is 2. The number of nitrogens with one attached hydrogen (secondary N) is 4. The molecule has 0 aliphatic carbocycles. The van der Waals surface area contributed by atoms with Gasteiger partial charge < -0.3 is 0 Å². The van der Waals surface area contributed by atoms with Gasteiger partial charge in [-0.25, -0.2) is 5.12 Å². The molecule has 4 N–H and O–H groups in total. The highest BCUT2D eigenvalue weighted by Crippen LogP contribution is 2.00. The van der Waals surface area contributed by atoms with Crippen LogP contribution in [-0.4, -0.2) is 11.1 Å². The Labute approximate surface area is 83.8 Å². The Morgan fingerprint density at radius 3 is 2.58 bits per heavy atom. The van der Waals surface area contributed by atoms with Gasteiger partial charge in [0.2, 0.25) is 5.96 Å². The van der Waals surface area contributed by atoms with Gasteiger partial charge in [0.1, 0.15) is 0 Å². The third-order valence-electron chi connectivity index (χ3n) is 0.987. The Balaban J connectivity index is 2.70. The SMILES string of the molecule is ClNC1=CN(NCl)NC(NCl)=N1. The average molecular weight is 231 g/mol. The summed E-state index contributed by atoms with van der Waals surface area (Å²) in [4.78, 5) is 10.7. The summed E-state index contributed by atoms with van der Waals surface area (Å²) < 4.78 is 0. The number of hydrogen-bond acceptors (Lipinski definition) is 6. The van der Waals surface area contributed by atoms with Gasteiger partial charge in [-0.2, -0.15) is 4.99 Å². The first-order valence-corrected chi connectivity index (χ1v) is 3.89. The van der Waals surface area contributed by atoms with Crippen molar-refractivity contribution in [1.82, 2.24) is 25.2 Å². The zero-order valence-electron chi connectivity index (χ0n) is 5.61. The van der Waals surface area contributed by atoms with Crippen LogP contribution in [0.1, 0.15) is 0 Å². The monoisotopic (exact) mass is 230 g/mol. The maximum absolute atomic E-state index is 5.30. The minimum Gasteiger partial charge on any atom is -0.281 e. The molecule has 0 fully saturated rings. The number of halogens is 3. The molecule has 1 rings (SSSR count). The van der Waals surface area contributed by atoms with Gasteiger partial charge in [0.15, 0.2) is 5.82 Å². The molecule has 1 aliphatic rings. The summed E-state index contributed by atoms with van der Waals surface area (Å²) in [6, 6.07) is 0. The van der Waals surface area contributed by atoms with Gasteiger partial charge in [0.05, 0.1) is 6.20 Å². The molecule has 0 aromatic rings. The van der Waals surface area contributed by atoms with E-state index in [4.69, 9.17) is 35.3 Å². The van der Waals surface area contributed by atoms with E-state index in [1.807, 2.05) is 0 Å². The maximum atomic E-state index is 5.30. The summed E-state index contributed by atoms with van der Waals surface area (Å²) in [7, 11) is 0. The molecule has 0 amide bonds.